The minimum atomic E-state index is -3.67. The molecule has 15 heteroatoms. The van der Waals surface area contributed by atoms with Crippen LogP contribution < -0.4 is 9.64 Å². The number of fused-ring (bicyclic) bond motifs is 7. The summed E-state index contributed by atoms with van der Waals surface area (Å²) in [5, 5.41) is 0.559. The summed E-state index contributed by atoms with van der Waals surface area (Å²) in [6, 6.07) is 5.65. The van der Waals surface area contributed by atoms with E-state index >= 15 is 17.6 Å². The molecule has 2 bridgehead atoms. The third-order valence-electron chi connectivity index (χ3n) is 15.0. The van der Waals surface area contributed by atoms with E-state index in [-0.39, 0.29) is 76.5 Å². The van der Waals surface area contributed by atoms with E-state index in [9.17, 15) is 9.18 Å². The third kappa shape index (κ3) is 7.20. The molecule has 0 saturated carbocycles. The van der Waals surface area contributed by atoms with Gasteiger partial charge in [-0.15, -0.1) is 5.54 Å². The highest BCUT2D eigenvalue weighted by Gasteiger charge is 2.56. The van der Waals surface area contributed by atoms with Crippen LogP contribution in [0, 0.1) is 23.1 Å². The van der Waals surface area contributed by atoms with Crippen LogP contribution in [0.5, 0.6) is 6.01 Å². The van der Waals surface area contributed by atoms with E-state index < -0.39 is 90.5 Å². The van der Waals surface area contributed by atoms with Gasteiger partial charge in [0.05, 0.1) is 34.6 Å². The molecule has 9 nitrogen and oxygen atoms in total. The number of benzene rings is 2. The number of hydrogen-bond donors (Lipinski definition) is 0. The summed E-state index contributed by atoms with van der Waals surface area (Å²) in [4.78, 5) is 33.1. The number of rotatable bonds is 7. The summed E-state index contributed by atoms with van der Waals surface area (Å²) >= 11 is 0. The fourth-order valence-corrected chi connectivity index (χ4v) is 17.5. The van der Waals surface area contributed by atoms with Crippen molar-refractivity contribution in [1.29, 1.82) is 0 Å². The van der Waals surface area contributed by atoms with Crippen molar-refractivity contribution in [3.8, 4) is 28.7 Å². The summed E-state index contributed by atoms with van der Waals surface area (Å²) in [5.74, 6) is -1.99. The molecule has 0 unspecified atom stereocenters. The van der Waals surface area contributed by atoms with E-state index in [2.05, 4.69) is 67.9 Å². The van der Waals surface area contributed by atoms with E-state index in [0.29, 0.717) is 24.6 Å². The second-order valence-electron chi connectivity index (χ2n) is 20.8. The highest BCUT2D eigenvalue weighted by molar-refractivity contribution is 6.90. The van der Waals surface area contributed by atoms with Crippen molar-refractivity contribution in [2.45, 2.75) is 159 Å². The Bertz CT molecular complexity index is 2570. The Morgan fingerprint density at radius 1 is 0.938 bits per heavy atom. The summed E-state index contributed by atoms with van der Waals surface area (Å²) in [6.07, 6.45) is 0.469. The normalized spacial score (nSPS) is 25.3. The molecular weight excluding hydrogens is 844 g/mol. The number of pyridine rings is 1. The molecule has 9 rings (SSSR count). The van der Waals surface area contributed by atoms with Gasteiger partial charge >= 0.3 is 12.1 Å². The molecule has 4 saturated heterocycles. The average molecular weight is 903 g/mol. The first-order valence-corrected chi connectivity index (χ1v) is 25.2. The lowest BCUT2D eigenvalue weighted by molar-refractivity contribution is -0.0378. The predicted molar refractivity (Wildman–Crippen MR) is 241 cm³/mol. The Kier molecular flexibility index (Phi) is 11.0. The van der Waals surface area contributed by atoms with Gasteiger partial charge in [-0.05, 0) is 81.1 Å². The van der Waals surface area contributed by atoms with Gasteiger partial charge in [-0.25, -0.2) is 22.9 Å². The number of hydrogen-bond acceptors (Lipinski definition) is 8. The Balaban J connectivity index is 1.25. The van der Waals surface area contributed by atoms with Crippen LogP contribution in [0.15, 0.2) is 30.3 Å². The van der Waals surface area contributed by atoms with Gasteiger partial charge in [0.25, 0.3) is 5.92 Å². The minimum Gasteiger partial charge on any atom is -0.461 e. The highest BCUT2D eigenvalue weighted by atomic mass is 28.3. The van der Waals surface area contributed by atoms with Crippen LogP contribution in [0.1, 0.15) is 112 Å². The van der Waals surface area contributed by atoms with Crippen LogP contribution >= 0.6 is 0 Å². The number of nitrogens with zero attached hydrogens (tertiary/aromatic N) is 6. The number of amides is 1. The molecule has 0 aliphatic carbocycles. The van der Waals surface area contributed by atoms with Crippen LogP contribution in [0.2, 0.25) is 16.6 Å². The van der Waals surface area contributed by atoms with Crippen LogP contribution in [0.3, 0.4) is 0 Å². The average Bonchev–Trinajstić information content (AvgIpc) is 3.84. The quantitative estimate of drug-likeness (QED) is 0.103. The van der Waals surface area contributed by atoms with Crippen LogP contribution in [-0.2, 0) is 10.7 Å². The maximum atomic E-state index is 17.9. The first-order chi connectivity index (χ1) is 30.2. The lowest BCUT2D eigenvalue weighted by Crippen LogP contribution is -2.62. The van der Waals surface area contributed by atoms with E-state index in [1.807, 2.05) is 0 Å². The van der Waals surface area contributed by atoms with Crippen molar-refractivity contribution in [2.75, 3.05) is 31.1 Å². The SMILES string of the molecule is CC(C)[Si](C#Cc1c(F)ccc2cccc(-c3nc4c5c(nc(OC[C@@]67CCCN6C[C@H](F)C7)nc5c3F)N3C[C@H]5CC[C@@H]([C@H]3CC4(F)F)N5C(=O)OC(C)(C)C)c12)(C(C)C)C(C)C. The lowest BCUT2D eigenvalue weighted by Gasteiger charge is -2.47. The Hall–Kier alpha value is -4.55. The molecule has 5 aliphatic rings. The van der Waals surface area contributed by atoms with E-state index in [0.717, 1.165) is 13.0 Å². The molecule has 7 heterocycles. The van der Waals surface area contributed by atoms with Crippen molar-refractivity contribution >= 4 is 41.7 Å². The Morgan fingerprint density at radius 2 is 1.67 bits per heavy atom. The molecule has 2 aromatic carbocycles. The zero-order chi connectivity index (χ0) is 45.8. The number of halogens is 5. The molecule has 0 N–H and O–H groups in total. The first kappa shape index (κ1) is 44.6. The van der Waals surface area contributed by atoms with E-state index in [1.165, 1.54) is 6.07 Å². The maximum absolute atomic E-state index is 17.9. The van der Waals surface area contributed by atoms with Crippen molar-refractivity contribution in [1.82, 2.24) is 24.8 Å². The summed E-state index contributed by atoms with van der Waals surface area (Å²) in [6.45, 7) is 19.4. The largest absolute Gasteiger partial charge is 0.461 e. The topological polar surface area (TPSA) is 83.9 Å². The van der Waals surface area contributed by atoms with E-state index in [1.54, 1.807) is 54.8 Å². The molecule has 5 atom stereocenters. The Labute approximate surface area is 373 Å². The molecule has 5 aliphatic heterocycles. The Morgan fingerprint density at radius 3 is 2.38 bits per heavy atom. The van der Waals surface area contributed by atoms with Gasteiger partial charge in [-0.2, -0.15) is 18.7 Å². The zero-order valence-corrected chi connectivity index (χ0v) is 39.3. The maximum Gasteiger partial charge on any atom is 0.410 e. The van der Waals surface area contributed by atoms with Gasteiger partial charge in [-0.3, -0.25) is 9.80 Å². The molecule has 0 radical (unpaired) electrons. The van der Waals surface area contributed by atoms with Crippen molar-refractivity contribution < 1.29 is 36.2 Å². The van der Waals surface area contributed by atoms with Crippen LogP contribution in [-0.4, -0.2) is 101 Å². The van der Waals surface area contributed by atoms with Crippen LogP contribution in [0.4, 0.5) is 32.6 Å². The van der Waals surface area contributed by atoms with E-state index in [4.69, 9.17) is 14.5 Å². The van der Waals surface area contributed by atoms with Crippen LogP contribution in [0.25, 0.3) is 32.9 Å². The number of carbonyl (C=O) groups excluding carboxylic acids is 1. The van der Waals surface area contributed by atoms with Gasteiger partial charge in [0.15, 0.2) is 5.82 Å². The van der Waals surface area contributed by atoms with Gasteiger partial charge in [0, 0.05) is 36.9 Å². The standard InChI is InChI=1S/C49H59F5N6O3Si/c1-27(2)64(28(3)4,29(5)6)21-18-33-35(51)16-14-30-12-10-13-34(38(30)33)41-40(52)42-39-43(55-41)49(53,54)23-37-36-17-15-32(60(36)46(61)63-47(7,8)9)25-59(37)44(39)57-45(56-42)62-26-48-19-11-20-58(48)24-31(50)22-48/h10,12-14,16,27-29,31-32,36-37H,11,15,17,19-20,22-26H2,1-9H3/t31-,32-,36+,37-,48+/m1/s1. The van der Waals surface area contributed by atoms with Gasteiger partial charge in [0.2, 0.25) is 0 Å². The summed E-state index contributed by atoms with van der Waals surface area (Å²) in [7, 11) is -2.39. The molecular formula is C49H59F5N6O3Si. The van der Waals surface area contributed by atoms with Crippen molar-refractivity contribution in [3.05, 3.63) is 53.2 Å². The molecule has 1 amide bonds. The third-order valence-corrected chi connectivity index (χ3v) is 21.3. The molecule has 0 spiro atoms. The zero-order valence-electron chi connectivity index (χ0n) is 38.3. The first-order valence-electron chi connectivity index (χ1n) is 23.0. The second-order valence-corrected chi connectivity index (χ2v) is 26.4. The van der Waals surface area contributed by atoms with Crippen molar-refractivity contribution in [3.63, 3.8) is 0 Å². The predicted octanol–water partition coefficient (Wildman–Crippen LogP) is 11.1. The van der Waals surface area contributed by atoms with Gasteiger partial charge < -0.3 is 14.4 Å². The fraction of sp³-hybridized carbons (Fsp3) is 0.592. The molecule has 4 aromatic rings. The number of aromatic nitrogens is 3. The number of alkyl halides is 3. The fourth-order valence-electron chi connectivity index (χ4n) is 12.3. The minimum absolute atomic E-state index is 0.0284. The smallest absolute Gasteiger partial charge is 0.410 e. The number of carbonyl (C=O) groups is 1. The molecule has 64 heavy (non-hydrogen) atoms. The molecule has 4 fully saturated rings. The monoisotopic (exact) mass is 902 g/mol. The second kappa shape index (κ2) is 15.8. The molecule has 2 aromatic heterocycles. The van der Waals surface area contributed by atoms with Crippen molar-refractivity contribution in [2.24, 2.45) is 0 Å². The number of anilines is 1. The summed E-state index contributed by atoms with van der Waals surface area (Å²) < 4.78 is 96.1. The number of ether oxygens (including phenoxy) is 2. The lowest BCUT2D eigenvalue weighted by atomic mass is 9.94. The molecule has 342 valence electrons. The van der Waals surface area contributed by atoms with Gasteiger partial charge in [0.1, 0.15) is 55.0 Å². The highest BCUT2D eigenvalue weighted by Crippen LogP contribution is 2.51. The summed E-state index contributed by atoms with van der Waals surface area (Å²) in [5.41, 5.74) is 1.53. The van der Waals surface area contributed by atoms with Gasteiger partial charge in [-0.1, -0.05) is 71.7 Å². The number of piperazine rings is 1.